The Bertz CT molecular complexity index is 1090. The highest BCUT2D eigenvalue weighted by molar-refractivity contribution is 8.00. The SMILES string of the molecule is CCCCOC(=O)c1ccc(NC(=O)CSc2ccc(NC(=S)Nc3ccccc3)cc2)cc1. The van der Waals surface area contributed by atoms with Gasteiger partial charge in [0.25, 0.3) is 0 Å². The maximum Gasteiger partial charge on any atom is 0.338 e. The third-order valence-corrected chi connectivity index (χ3v) is 5.87. The van der Waals surface area contributed by atoms with Crippen LogP contribution in [0.2, 0.25) is 0 Å². The van der Waals surface area contributed by atoms with E-state index in [0.29, 0.717) is 23.0 Å². The van der Waals surface area contributed by atoms with E-state index >= 15 is 0 Å². The molecule has 0 heterocycles. The van der Waals surface area contributed by atoms with E-state index in [1.807, 2.05) is 61.5 Å². The summed E-state index contributed by atoms with van der Waals surface area (Å²) in [6.07, 6.45) is 1.81. The smallest absolute Gasteiger partial charge is 0.338 e. The summed E-state index contributed by atoms with van der Waals surface area (Å²) in [5.74, 6) is -0.211. The number of unbranched alkanes of at least 4 members (excludes halogenated alkanes) is 1. The Kier molecular flexibility index (Phi) is 9.94. The van der Waals surface area contributed by atoms with Gasteiger partial charge in [-0.25, -0.2) is 4.79 Å². The molecule has 0 aliphatic carbocycles. The van der Waals surface area contributed by atoms with Crippen LogP contribution in [0.1, 0.15) is 30.1 Å². The molecule has 0 saturated carbocycles. The molecule has 0 bridgehead atoms. The van der Waals surface area contributed by atoms with Crippen LogP contribution >= 0.6 is 24.0 Å². The first kappa shape index (κ1) is 25.3. The first-order chi connectivity index (χ1) is 16.5. The van der Waals surface area contributed by atoms with E-state index < -0.39 is 0 Å². The van der Waals surface area contributed by atoms with E-state index in [-0.39, 0.29) is 17.6 Å². The topological polar surface area (TPSA) is 79.5 Å². The average Bonchev–Trinajstić information content (AvgIpc) is 2.85. The van der Waals surface area contributed by atoms with Gasteiger partial charge in [0, 0.05) is 22.0 Å². The molecule has 0 unspecified atom stereocenters. The van der Waals surface area contributed by atoms with Gasteiger partial charge in [0.1, 0.15) is 0 Å². The van der Waals surface area contributed by atoms with Gasteiger partial charge in [-0.15, -0.1) is 11.8 Å². The Balaban J connectivity index is 1.41. The molecule has 0 spiro atoms. The molecule has 0 aliphatic rings. The van der Waals surface area contributed by atoms with Crippen molar-refractivity contribution >= 4 is 58.0 Å². The number of hydrogen-bond donors (Lipinski definition) is 3. The van der Waals surface area contributed by atoms with Crippen molar-refractivity contribution in [1.29, 1.82) is 0 Å². The number of carbonyl (C=O) groups is 2. The number of thioether (sulfide) groups is 1. The lowest BCUT2D eigenvalue weighted by Gasteiger charge is -2.11. The van der Waals surface area contributed by atoms with Crippen LogP contribution in [-0.2, 0) is 9.53 Å². The number of esters is 1. The number of hydrogen-bond acceptors (Lipinski definition) is 5. The minimum Gasteiger partial charge on any atom is -0.462 e. The second-order valence-corrected chi connectivity index (χ2v) is 8.83. The van der Waals surface area contributed by atoms with E-state index in [1.165, 1.54) is 11.8 Å². The highest BCUT2D eigenvalue weighted by Crippen LogP contribution is 2.21. The summed E-state index contributed by atoms with van der Waals surface area (Å²) in [6.45, 7) is 2.46. The first-order valence-corrected chi connectivity index (χ1v) is 12.4. The molecule has 0 aliphatic heterocycles. The van der Waals surface area contributed by atoms with E-state index in [9.17, 15) is 9.59 Å². The van der Waals surface area contributed by atoms with Crippen molar-refractivity contribution in [2.24, 2.45) is 0 Å². The summed E-state index contributed by atoms with van der Waals surface area (Å²) in [5, 5.41) is 9.61. The zero-order chi connectivity index (χ0) is 24.2. The molecule has 0 radical (unpaired) electrons. The predicted octanol–water partition coefficient (Wildman–Crippen LogP) is 6.18. The Hall–Kier alpha value is -3.36. The summed E-state index contributed by atoms with van der Waals surface area (Å²) in [5.41, 5.74) is 2.88. The summed E-state index contributed by atoms with van der Waals surface area (Å²) < 4.78 is 5.19. The van der Waals surface area contributed by atoms with Gasteiger partial charge in [-0.2, -0.15) is 0 Å². The van der Waals surface area contributed by atoms with Gasteiger partial charge in [0.05, 0.1) is 17.9 Å². The highest BCUT2D eigenvalue weighted by atomic mass is 32.2. The van der Waals surface area contributed by atoms with Crippen LogP contribution in [0.5, 0.6) is 0 Å². The fourth-order valence-corrected chi connectivity index (χ4v) is 3.81. The predicted molar refractivity (Wildman–Crippen MR) is 144 cm³/mol. The minimum absolute atomic E-state index is 0.126. The van der Waals surface area contributed by atoms with E-state index in [1.54, 1.807) is 24.3 Å². The number of amides is 1. The number of anilines is 3. The molecule has 8 heteroatoms. The van der Waals surface area contributed by atoms with Crippen LogP contribution < -0.4 is 16.0 Å². The van der Waals surface area contributed by atoms with E-state index in [2.05, 4.69) is 16.0 Å². The largest absolute Gasteiger partial charge is 0.462 e. The standard InChI is InChI=1S/C26H27N3O3S2/c1-2-3-17-32-25(31)19-9-11-21(12-10-19)27-24(30)18-34-23-15-13-22(14-16-23)29-26(33)28-20-7-5-4-6-8-20/h4-16H,2-3,17-18H2,1H3,(H,27,30)(H2,28,29,33). The van der Waals surface area contributed by atoms with Crippen molar-refractivity contribution in [2.45, 2.75) is 24.7 Å². The molecule has 3 aromatic rings. The van der Waals surface area contributed by atoms with Gasteiger partial charge in [0.15, 0.2) is 5.11 Å². The molecule has 34 heavy (non-hydrogen) atoms. The molecule has 1 amide bonds. The van der Waals surface area contributed by atoms with Gasteiger partial charge >= 0.3 is 5.97 Å². The summed E-state index contributed by atoms with van der Waals surface area (Å²) in [6, 6.07) is 24.1. The molecule has 0 atom stereocenters. The fraction of sp³-hybridized carbons (Fsp3) is 0.192. The molecule has 0 aromatic heterocycles. The molecular formula is C26H27N3O3S2. The van der Waals surface area contributed by atoms with Crippen LogP contribution in [0.15, 0.2) is 83.8 Å². The molecular weight excluding hydrogens is 466 g/mol. The normalized spacial score (nSPS) is 10.3. The molecule has 176 valence electrons. The van der Waals surface area contributed by atoms with Crippen LogP contribution in [-0.4, -0.2) is 29.3 Å². The van der Waals surface area contributed by atoms with Crippen molar-refractivity contribution in [1.82, 2.24) is 0 Å². The zero-order valence-corrected chi connectivity index (χ0v) is 20.5. The van der Waals surface area contributed by atoms with Crippen molar-refractivity contribution in [3.63, 3.8) is 0 Å². The van der Waals surface area contributed by atoms with Gasteiger partial charge in [-0.1, -0.05) is 31.5 Å². The first-order valence-electron chi connectivity index (χ1n) is 11.0. The quantitative estimate of drug-likeness (QED) is 0.135. The van der Waals surface area contributed by atoms with Crippen LogP contribution in [0.3, 0.4) is 0 Å². The maximum atomic E-state index is 12.3. The number of ether oxygens (including phenoxy) is 1. The lowest BCUT2D eigenvalue weighted by molar-refractivity contribution is -0.113. The van der Waals surface area contributed by atoms with Crippen LogP contribution in [0.4, 0.5) is 17.1 Å². The lowest BCUT2D eigenvalue weighted by Crippen LogP contribution is -2.18. The second kappa shape index (κ2) is 13.4. The molecule has 0 fully saturated rings. The van der Waals surface area contributed by atoms with Crippen molar-refractivity contribution in [3.8, 4) is 0 Å². The summed E-state index contributed by atoms with van der Waals surface area (Å²) >= 11 is 6.77. The maximum absolute atomic E-state index is 12.3. The van der Waals surface area contributed by atoms with Gasteiger partial charge in [-0.3, -0.25) is 4.79 Å². The third-order valence-electron chi connectivity index (χ3n) is 4.65. The number of thiocarbonyl (C=S) groups is 1. The van der Waals surface area contributed by atoms with Gasteiger partial charge in [-0.05, 0) is 79.3 Å². The number of rotatable bonds is 10. The van der Waals surface area contributed by atoms with E-state index in [4.69, 9.17) is 17.0 Å². The van der Waals surface area contributed by atoms with E-state index in [0.717, 1.165) is 29.1 Å². The van der Waals surface area contributed by atoms with Crippen molar-refractivity contribution in [2.75, 3.05) is 28.3 Å². The average molecular weight is 494 g/mol. The number of para-hydroxylation sites is 1. The van der Waals surface area contributed by atoms with Crippen molar-refractivity contribution in [3.05, 3.63) is 84.4 Å². The number of carbonyl (C=O) groups excluding carboxylic acids is 2. The third kappa shape index (κ3) is 8.53. The van der Waals surface area contributed by atoms with Gasteiger partial charge < -0.3 is 20.7 Å². The fourth-order valence-electron chi connectivity index (χ4n) is 2.88. The van der Waals surface area contributed by atoms with Crippen LogP contribution in [0, 0.1) is 0 Å². The van der Waals surface area contributed by atoms with Crippen LogP contribution in [0.25, 0.3) is 0 Å². The highest BCUT2D eigenvalue weighted by Gasteiger charge is 2.08. The molecule has 6 nitrogen and oxygen atoms in total. The Morgan fingerprint density at radius 1 is 0.824 bits per heavy atom. The Morgan fingerprint density at radius 2 is 1.41 bits per heavy atom. The Morgan fingerprint density at radius 3 is 2.06 bits per heavy atom. The second-order valence-electron chi connectivity index (χ2n) is 7.37. The Labute approximate surface area is 209 Å². The summed E-state index contributed by atoms with van der Waals surface area (Å²) in [7, 11) is 0. The minimum atomic E-state index is -0.351. The number of benzene rings is 3. The summed E-state index contributed by atoms with van der Waals surface area (Å²) in [4.78, 5) is 25.2. The van der Waals surface area contributed by atoms with Crippen molar-refractivity contribution < 1.29 is 14.3 Å². The molecule has 0 saturated heterocycles. The van der Waals surface area contributed by atoms with Gasteiger partial charge in [0.2, 0.25) is 5.91 Å². The number of nitrogens with one attached hydrogen (secondary N) is 3. The molecule has 3 N–H and O–H groups in total. The molecule has 3 rings (SSSR count). The molecule has 3 aromatic carbocycles. The zero-order valence-electron chi connectivity index (χ0n) is 18.9. The monoisotopic (exact) mass is 493 g/mol. The lowest BCUT2D eigenvalue weighted by atomic mass is 10.2.